The summed E-state index contributed by atoms with van der Waals surface area (Å²) in [7, 11) is 0. The lowest BCUT2D eigenvalue weighted by atomic mass is 10.2. The lowest BCUT2D eigenvalue weighted by molar-refractivity contribution is -0.128. The van der Waals surface area contributed by atoms with E-state index in [1.807, 2.05) is 13.8 Å². The molecular weight excluding hydrogens is 243 g/mol. The second-order valence-corrected chi connectivity index (χ2v) is 4.13. The smallest absolute Gasteiger partial charge is 0.370 e. The van der Waals surface area contributed by atoms with Gasteiger partial charge in [-0.25, -0.2) is 9.97 Å². The molecule has 0 radical (unpaired) electrons. The van der Waals surface area contributed by atoms with E-state index in [1.165, 1.54) is 0 Å². The van der Waals surface area contributed by atoms with E-state index in [1.54, 1.807) is 6.07 Å². The van der Waals surface area contributed by atoms with Crippen LogP contribution in [0.3, 0.4) is 0 Å². The standard InChI is InChI=1S/C12H18F3N3/c1-3-5-9-7-10(16-6-4-2)18-11(17-9)8-12(13,14)15/h7H,3-6,8H2,1-2H3,(H,16,17,18). The second-order valence-electron chi connectivity index (χ2n) is 4.13. The molecule has 1 aromatic rings. The first-order valence-electron chi connectivity index (χ1n) is 6.12. The molecule has 6 heteroatoms. The molecule has 3 nitrogen and oxygen atoms in total. The second kappa shape index (κ2) is 6.56. The zero-order valence-corrected chi connectivity index (χ0v) is 10.6. The Kier molecular flexibility index (Phi) is 5.37. The first-order chi connectivity index (χ1) is 8.44. The van der Waals surface area contributed by atoms with Crippen LogP contribution in [0.4, 0.5) is 19.0 Å². The molecule has 102 valence electrons. The minimum absolute atomic E-state index is 0.160. The number of nitrogens with one attached hydrogen (secondary N) is 1. The minimum atomic E-state index is -4.27. The lowest BCUT2D eigenvalue weighted by Gasteiger charge is -2.10. The zero-order chi connectivity index (χ0) is 13.6. The number of hydrogen-bond donors (Lipinski definition) is 1. The Morgan fingerprint density at radius 2 is 1.89 bits per heavy atom. The van der Waals surface area contributed by atoms with Crippen molar-refractivity contribution < 1.29 is 13.2 Å². The number of hydrogen-bond acceptors (Lipinski definition) is 3. The van der Waals surface area contributed by atoms with Crippen LogP contribution in [0.15, 0.2) is 6.07 Å². The van der Waals surface area contributed by atoms with Crippen LogP contribution in [0, 0.1) is 0 Å². The first kappa shape index (κ1) is 14.7. The number of halogens is 3. The molecule has 0 saturated heterocycles. The maximum absolute atomic E-state index is 12.3. The Labute approximate surface area is 105 Å². The van der Waals surface area contributed by atoms with Crippen molar-refractivity contribution >= 4 is 5.82 Å². The third kappa shape index (κ3) is 5.33. The Hall–Kier alpha value is -1.33. The molecule has 0 amide bonds. The van der Waals surface area contributed by atoms with E-state index < -0.39 is 12.6 Å². The molecule has 0 aliphatic carbocycles. The van der Waals surface area contributed by atoms with Gasteiger partial charge in [0.1, 0.15) is 18.1 Å². The highest BCUT2D eigenvalue weighted by Crippen LogP contribution is 2.20. The highest BCUT2D eigenvalue weighted by Gasteiger charge is 2.29. The third-order valence-electron chi connectivity index (χ3n) is 2.25. The van der Waals surface area contributed by atoms with Crippen molar-refractivity contribution in [2.45, 2.75) is 45.7 Å². The Bertz CT molecular complexity index is 377. The topological polar surface area (TPSA) is 37.8 Å². The number of rotatable bonds is 6. The van der Waals surface area contributed by atoms with Gasteiger partial charge in [-0.3, -0.25) is 0 Å². The Balaban J connectivity index is 2.90. The first-order valence-corrected chi connectivity index (χ1v) is 6.12. The van der Waals surface area contributed by atoms with Gasteiger partial charge in [0.2, 0.25) is 0 Å². The average Bonchev–Trinajstić information content (AvgIpc) is 2.24. The highest BCUT2D eigenvalue weighted by molar-refractivity contribution is 5.36. The monoisotopic (exact) mass is 261 g/mol. The molecule has 0 aromatic carbocycles. The van der Waals surface area contributed by atoms with Gasteiger partial charge >= 0.3 is 6.18 Å². The van der Waals surface area contributed by atoms with Gasteiger partial charge in [0, 0.05) is 18.3 Å². The summed E-state index contributed by atoms with van der Waals surface area (Å²) in [5.41, 5.74) is 0.658. The molecule has 0 aliphatic rings. The zero-order valence-electron chi connectivity index (χ0n) is 10.6. The fourth-order valence-corrected chi connectivity index (χ4v) is 1.54. The normalized spacial score (nSPS) is 11.6. The van der Waals surface area contributed by atoms with E-state index in [-0.39, 0.29) is 5.82 Å². The van der Waals surface area contributed by atoms with E-state index in [2.05, 4.69) is 15.3 Å². The quantitative estimate of drug-likeness (QED) is 0.853. The van der Waals surface area contributed by atoms with Gasteiger partial charge < -0.3 is 5.32 Å². The summed E-state index contributed by atoms with van der Waals surface area (Å²) in [6.45, 7) is 4.64. The van der Waals surface area contributed by atoms with Crippen LogP contribution in [0.2, 0.25) is 0 Å². The summed E-state index contributed by atoms with van der Waals surface area (Å²) in [6.07, 6.45) is -2.95. The minimum Gasteiger partial charge on any atom is -0.370 e. The van der Waals surface area contributed by atoms with E-state index >= 15 is 0 Å². The molecule has 18 heavy (non-hydrogen) atoms. The Morgan fingerprint density at radius 1 is 1.17 bits per heavy atom. The van der Waals surface area contributed by atoms with Crippen LogP contribution >= 0.6 is 0 Å². The Morgan fingerprint density at radius 3 is 2.44 bits per heavy atom. The molecule has 0 bridgehead atoms. The summed E-state index contributed by atoms with van der Waals surface area (Å²) in [5.74, 6) is 0.321. The molecule has 0 aliphatic heterocycles. The fourth-order valence-electron chi connectivity index (χ4n) is 1.54. The van der Waals surface area contributed by atoms with E-state index in [9.17, 15) is 13.2 Å². The average molecular weight is 261 g/mol. The predicted molar refractivity (Wildman–Crippen MR) is 64.6 cm³/mol. The van der Waals surface area contributed by atoms with Gasteiger partial charge in [-0.2, -0.15) is 13.2 Å². The van der Waals surface area contributed by atoms with Gasteiger partial charge in [-0.1, -0.05) is 20.3 Å². The van der Waals surface area contributed by atoms with Gasteiger partial charge in [0.15, 0.2) is 0 Å². The fraction of sp³-hybridized carbons (Fsp3) is 0.667. The number of alkyl halides is 3. The summed E-state index contributed by atoms with van der Waals surface area (Å²) >= 11 is 0. The van der Waals surface area contributed by atoms with Crippen molar-refractivity contribution in [1.29, 1.82) is 0 Å². The summed E-state index contributed by atoms with van der Waals surface area (Å²) in [5, 5.41) is 3.00. The summed E-state index contributed by atoms with van der Waals surface area (Å²) in [6, 6.07) is 1.72. The van der Waals surface area contributed by atoms with Crippen LogP contribution in [-0.4, -0.2) is 22.7 Å². The maximum atomic E-state index is 12.3. The van der Waals surface area contributed by atoms with Crippen LogP contribution in [-0.2, 0) is 12.8 Å². The largest absolute Gasteiger partial charge is 0.396 e. The van der Waals surface area contributed by atoms with E-state index in [4.69, 9.17) is 0 Å². The van der Waals surface area contributed by atoms with Crippen LogP contribution in [0.25, 0.3) is 0 Å². The van der Waals surface area contributed by atoms with Crippen molar-refractivity contribution in [3.8, 4) is 0 Å². The summed E-state index contributed by atoms with van der Waals surface area (Å²) in [4.78, 5) is 7.84. The molecule has 0 unspecified atom stereocenters. The van der Waals surface area contributed by atoms with Crippen molar-refractivity contribution in [1.82, 2.24) is 9.97 Å². The van der Waals surface area contributed by atoms with Gasteiger partial charge in [-0.15, -0.1) is 0 Å². The number of aryl methyl sites for hydroxylation is 1. The van der Waals surface area contributed by atoms with Crippen LogP contribution in [0.1, 0.15) is 38.2 Å². The lowest BCUT2D eigenvalue weighted by Crippen LogP contribution is -2.16. The summed E-state index contributed by atoms with van der Waals surface area (Å²) < 4.78 is 37.0. The third-order valence-corrected chi connectivity index (χ3v) is 2.25. The van der Waals surface area contributed by atoms with Crippen LogP contribution in [0.5, 0.6) is 0 Å². The molecule has 0 fully saturated rings. The molecular formula is C12H18F3N3. The van der Waals surface area contributed by atoms with Crippen molar-refractivity contribution in [2.75, 3.05) is 11.9 Å². The number of anilines is 1. The molecule has 1 heterocycles. The SMILES string of the molecule is CCCNc1cc(CCC)nc(CC(F)(F)F)n1. The number of nitrogens with zero attached hydrogens (tertiary/aromatic N) is 2. The molecule has 0 spiro atoms. The molecule has 1 rings (SSSR count). The maximum Gasteiger partial charge on any atom is 0.396 e. The van der Waals surface area contributed by atoms with E-state index in [0.717, 1.165) is 12.8 Å². The van der Waals surface area contributed by atoms with Crippen molar-refractivity contribution in [3.63, 3.8) is 0 Å². The van der Waals surface area contributed by atoms with Gasteiger partial charge in [0.05, 0.1) is 0 Å². The highest BCUT2D eigenvalue weighted by atomic mass is 19.4. The van der Waals surface area contributed by atoms with Crippen molar-refractivity contribution in [3.05, 3.63) is 17.6 Å². The van der Waals surface area contributed by atoms with Gasteiger partial charge in [-0.05, 0) is 12.8 Å². The molecule has 0 saturated carbocycles. The van der Waals surface area contributed by atoms with Crippen molar-refractivity contribution in [2.24, 2.45) is 0 Å². The predicted octanol–water partition coefficient (Wildman–Crippen LogP) is 3.36. The van der Waals surface area contributed by atoms with E-state index in [0.29, 0.717) is 24.5 Å². The molecule has 1 aromatic heterocycles. The molecule has 1 N–H and O–H groups in total. The van der Waals surface area contributed by atoms with Gasteiger partial charge in [0.25, 0.3) is 0 Å². The molecule has 0 atom stereocenters. The van der Waals surface area contributed by atoms with Crippen LogP contribution < -0.4 is 5.32 Å². The number of aromatic nitrogens is 2.